The fourth-order valence-corrected chi connectivity index (χ4v) is 3.36. The number of carbonyl (C=O) groups excluding carboxylic acids is 1. The summed E-state index contributed by atoms with van der Waals surface area (Å²) in [7, 11) is 0. The van der Waals surface area contributed by atoms with E-state index < -0.39 is 5.97 Å². The molecule has 0 saturated heterocycles. The number of amides is 1. The molecule has 0 heterocycles. The Morgan fingerprint density at radius 1 is 1.20 bits per heavy atom. The summed E-state index contributed by atoms with van der Waals surface area (Å²) in [5, 5.41) is 11.6. The van der Waals surface area contributed by atoms with E-state index in [4.69, 9.17) is 9.84 Å². The standard InChI is InChI=1S/C20H29NO4/c1-20(2,16-6-3-4-7-16)19(24)21-14-15-9-11-17(12-10-15)25-13-5-8-18(22)23/h9-12,16H,3-8,13-14H2,1-2H3,(H,21,24)(H,22,23). The van der Waals surface area contributed by atoms with Crippen molar-refractivity contribution in [1.29, 1.82) is 0 Å². The molecule has 0 spiro atoms. The molecule has 1 aromatic carbocycles. The van der Waals surface area contributed by atoms with Crippen molar-refractivity contribution < 1.29 is 19.4 Å². The molecule has 1 amide bonds. The maximum Gasteiger partial charge on any atom is 0.303 e. The molecule has 0 radical (unpaired) electrons. The van der Waals surface area contributed by atoms with Crippen LogP contribution in [0.15, 0.2) is 24.3 Å². The van der Waals surface area contributed by atoms with Gasteiger partial charge in [-0.05, 0) is 42.9 Å². The van der Waals surface area contributed by atoms with E-state index in [0.29, 0.717) is 31.2 Å². The molecule has 1 aliphatic carbocycles. The Kier molecular flexibility index (Phi) is 6.85. The van der Waals surface area contributed by atoms with Crippen LogP contribution in [0.5, 0.6) is 5.75 Å². The summed E-state index contributed by atoms with van der Waals surface area (Å²) in [5.41, 5.74) is 0.706. The SMILES string of the molecule is CC(C)(C(=O)NCc1ccc(OCCCC(=O)O)cc1)C1CCCC1. The molecule has 1 aliphatic rings. The van der Waals surface area contributed by atoms with Crippen LogP contribution in [0, 0.1) is 11.3 Å². The monoisotopic (exact) mass is 347 g/mol. The highest BCUT2D eigenvalue weighted by Gasteiger charge is 2.37. The van der Waals surface area contributed by atoms with Crippen molar-refractivity contribution in [3.63, 3.8) is 0 Å². The lowest BCUT2D eigenvalue weighted by Crippen LogP contribution is -2.40. The van der Waals surface area contributed by atoms with Crippen LogP contribution in [0.4, 0.5) is 0 Å². The molecule has 1 fully saturated rings. The average Bonchev–Trinajstić information content (AvgIpc) is 3.12. The fourth-order valence-electron chi connectivity index (χ4n) is 3.36. The molecular formula is C20H29NO4. The van der Waals surface area contributed by atoms with Crippen LogP contribution in [0.3, 0.4) is 0 Å². The number of aliphatic carboxylic acids is 1. The molecule has 2 N–H and O–H groups in total. The van der Waals surface area contributed by atoms with Gasteiger partial charge >= 0.3 is 5.97 Å². The van der Waals surface area contributed by atoms with Crippen molar-refractivity contribution in [2.45, 2.75) is 58.9 Å². The van der Waals surface area contributed by atoms with Gasteiger partial charge in [0.25, 0.3) is 0 Å². The van der Waals surface area contributed by atoms with Gasteiger partial charge in [-0.15, -0.1) is 0 Å². The molecule has 1 aromatic rings. The first-order valence-corrected chi connectivity index (χ1v) is 9.11. The summed E-state index contributed by atoms with van der Waals surface area (Å²) in [6, 6.07) is 7.56. The molecule has 25 heavy (non-hydrogen) atoms. The molecule has 0 unspecified atom stereocenters. The van der Waals surface area contributed by atoms with Crippen LogP contribution in [0.1, 0.15) is 57.9 Å². The van der Waals surface area contributed by atoms with Gasteiger partial charge in [0.1, 0.15) is 5.75 Å². The van der Waals surface area contributed by atoms with Crippen LogP contribution < -0.4 is 10.1 Å². The van der Waals surface area contributed by atoms with Crippen LogP contribution >= 0.6 is 0 Å². The number of hydrogen-bond acceptors (Lipinski definition) is 3. The van der Waals surface area contributed by atoms with Crippen molar-refractivity contribution in [2.24, 2.45) is 11.3 Å². The lowest BCUT2D eigenvalue weighted by molar-refractivity contribution is -0.137. The topological polar surface area (TPSA) is 75.6 Å². The van der Waals surface area contributed by atoms with Gasteiger partial charge in [-0.1, -0.05) is 38.8 Å². The van der Waals surface area contributed by atoms with Crippen LogP contribution in [0.2, 0.25) is 0 Å². The van der Waals surface area contributed by atoms with Crippen molar-refractivity contribution in [1.82, 2.24) is 5.32 Å². The Balaban J connectivity index is 1.77. The third-order valence-corrected chi connectivity index (χ3v) is 5.14. The van der Waals surface area contributed by atoms with E-state index >= 15 is 0 Å². The summed E-state index contributed by atoms with van der Waals surface area (Å²) < 4.78 is 5.51. The smallest absolute Gasteiger partial charge is 0.303 e. The molecule has 138 valence electrons. The van der Waals surface area contributed by atoms with E-state index in [1.165, 1.54) is 12.8 Å². The molecule has 0 aromatic heterocycles. The van der Waals surface area contributed by atoms with E-state index in [2.05, 4.69) is 5.32 Å². The highest BCUT2D eigenvalue weighted by atomic mass is 16.5. The van der Waals surface area contributed by atoms with E-state index in [1.807, 2.05) is 38.1 Å². The minimum absolute atomic E-state index is 0.112. The van der Waals surface area contributed by atoms with Crippen LogP contribution in [-0.2, 0) is 16.1 Å². The zero-order valence-electron chi connectivity index (χ0n) is 15.2. The summed E-state index contributed by atoms with van der Waals surface area (Å²) in [4.78, 5) is 23.0. The number of carbonyl (C=O) groups is 2. The predicted octanol–water partition coefficient (Wildman–Crippen LogP) is 3.76. The fraction of sp³-hybridized carbons (Fsp3) is 0.600. The maximum absolute atomic E-state index is 12.5. The highest BCUT2D eigenvalue weighted by Crippen LogP contribution is 2.39. The minimum atomic E-state index is -0.810. The van der Waals surface area contributed by atoms with Gasteiger partial charge in [-0.2, -0.15) is 0 Å². The zero-order chi connectivity index (χ0) is 18.3. The Hall–Kier alpha value is -2.04. The second-order valence-corrected chi connectivity index (χ2v) is 7.38. The molecule has 0 aliphatic heterocycles. The molecule has 0 atom stereocenters. The number of carboxylic acids is 1. The maximum atomic E-state index is 12.5. The van der Waals surface area contributed by atoms with Gasteiger partial charge in [0.15, 0.2) is 0 Å². The van der Waals surface area contributed by atoms with Gasteiger partial charge in [-0.25, -0.2) is 0 Å². The number of nitrogens with one attached hydrogen (secondary N) is 1. The second-order valence-electron chi connectivity index (χ2n) is 7.38. The van der Waals surface area contributed by atoms with Crippen molar-refractivity contribution in [3.8, 4) is 5.75 Å². The summed E-state index contributed by atoms with van der Waals surface area (Å²) in [6.45, 7) is 4.99. The lowest BCUT2D eigenvalue weighted by atomic mass is 9.77. The molecular weight excluding hydrogens is 318 g/mol. The number of rotatable bonds is 9. The average molecular weight is 347 g/mol. The van der Waals surface area contributed by atoms with Gasteiger partial charge in [0.2, 0.25) is 5.91 Å². The number of benzene rings is 1. The largest absolute Gasteiger partial charge is 0.494 e. The Labute approximate surface area is 149 Å². The third-order valence-electron chi connectivity index (χ3n) is 5.14. The molecule has 1 saturated carbocycles. The van der Waals surface area contributed by atoms with Gasteiger partial charge < -0.3 is 15.2 Å². The van der Waals surface area contributed by atoms with E-state index in [0.717, 1.165) is 18.4 Å². The summed E-state index contributed by atoms with van der Waals surface area (Å²) >= 11 is 0. The van der Waals surface area contributed by atoms with Crippen molar-refractivity contribution >= 4 is 11.9 Å². The Bertz CT molecular complexity index is 574. The Morgan fingerprint density at radius 3 is 2.44 bits per heavy atom. The lowest BCUT2D eigenvalue weighted by Gasteiger charge is -2.30. The first-order chi connectivity index (χ1) is 11.9. The molecule has 0 bridgehead atoms. The Morgan fingerprint density at radius 2 is 1.84 bits per heavy atom. The normalized spacial score (nSPS) is 15.1. The highest BCUT2D eigenvalue weighted by molar-refractivity contribution is 5.82. The predicted molar refractivity (Wildman–Crippen MR) is 96.4 cm³/mol. The van der Waals surface area contributed by atoms with Crippen LogP contribution in [-0.4, -0.2) is 23.6 Å². The van der Waals surface area contributed by atoms with Crippen molar-refractivity contribution in [3.05, 3.63) is 29.8 Å². The third kappa shape index (κ3) is 5.76. The van der Waals surface area contributed by atoms with Gasteiger partial charge in [-0.3, -0.25) is 9.59 Å². The molecule has 5 nitrogen and oxygen atoms in total. The molecule has 2 rings (SSSR count). The second kappa shape index (κ2) is 8.88. The number of ether oxygens (including phenoxy) is 1. The van der Waals surface area contributed by atoms with E-state index in [9.17, 15) is 9.59 Å². The first-order valence-electron chi connectivity index (χ1n) is 9.11. The molecule has 5 heteroatoms. The first kappa shape index (κ1) is 19.3. The summed E-state index contributed by atoms with van der Waals surface area (Å²) in [5.74, 6) is 0.504. The van der Waals surface area contributed by atoms with Crippen LogP contribution in [0.25, 0.3) is 0 Å². The zero-order valence-corrected chi connectivity index (χ0v) is 15.2. The summed E-state index contributed by atoms with van der Waals surface area (Å²) in [6.07, 6.45) is 5.36. The van der Waals surface area contributed by atoms with Gasteiger partial charge in [0, 0.05) is 18.4 Å². The minimum Gasteiger partial charge on any atom is -0.494 e. The van der Waals surface area contributed by atoms with E-state index in [1.54, 1.807) is 0 Å². The number of hydrogen-bond donors (Lipinski definition) is 2. The quantitative estimate of drug-likeness (QED) is 0.667. The van der Waals surface area contributed by atoms with Gasteiger partial charge in [0.05, 0.1) is 6.61 Å². The van der Waals surface area contributed by atoms with Crippen molar-refractivity contribution in [2.75, 3.05) is 6.61 Å². The number of carboxylic acid groups (broad SMARTS) is 1. The van der Waals surface area contributed by atoms with E-state index in [-0.39, 0.29) is 17.7 Å².